The Morgan fingerprint density at radius 3 is 2.89 bits per heavy atom. The van der Waals surface area contributed by atoms with Gasteiger partial charge in [0.2, 0.25) is 0 Å². The van der Waals surface area contributed by atoms with Crippen LogP contribution >= 0.6 is 0 Å². The van der Waals surface area contributed by atoms with E-state index in [4.69, 9.17) is 0 Å². The zero-order valence-corrected chi connectivity index (χ0v) is 9.95. The van der Waals surface area contributed by atoms with Crippen molar-refractivity contribution in [2.75, 3.05) is 6.54 Å². The molecule has 1 heterocycles. The molecule has 0 aliphatic heterocycles. The molecule has 0 radical (unpaired) electrons. The van der Waals surface area contributed by atoms with Crippen molar-refractivity contribution in [3.63, 3.8) is 0 Å². The van der Waals surface area contributed by atoms with E-state index in [2.05, 4.69) is 20.7 Å². The third-order valence-electron chi connectivity index (χ3n) is 2.67. The standard InChI is InChI=1S/C12H14F2N4/c1-2-15-11(12-7-16-18-17-12)6-8-5-9(13)3-4-10(8)14/h3-5,7,11,15H,2,6H2,1H3,(H,16,17,18). The second kappa shape index (κ2) is 5.68. The summed E-state index contributed by atoms with van der Waals surface area (Å²) in [6, 6.07) is 3.26. The molecule has 96 valence electrons. The first-order valence-corrected chi connectivity index (χ1v) is 5.73. The predicted molar refractivity (Wildman–Crippen MR) is 62.9 cm³/mol. The fourth-order valence-corrected chi connectivity index (χ4v) is 1.83. The van der Waals surface area contributed by atoms with Crippen LogP contribution in [0.1, 0.15) is 24.2 Å². The topological polar surface area (TPSA) is 53.6 Å². The van der Waals surface area contributed by atoms with E-state index >= 15 is 0 Å². The number of rotatable bonds is 5. The van der Waals surface area contributed by atoms with Crippen molar-refractivity contribution in [1.29, 1.82) is 0 Å². The molecule has 0 amide bonds. The molecule has 1 aromatic heterocycles. The number of aromatic amines is 1. The smallest absolute Gasteiger partial charge is 0.126 e. The molecule has 18 heavy (non-hydrogen) atoms. The van der Waals surface area contributed by atoms with Gasteiger partial charge >= 0.3 is 0 Å². The summed E-state index contributed by atoms with van der Waals surface area (Å²) in [5, 5.41) is 13.4. The highest BCUT2D eigenvalue weighted by Crippen LogP contribution is 2.18. The van der Waals surface area contributed by atoms with Crippen LogP contribution in [0, 0.1) is 11.6 Å². The van der Waals surface area contributed by atoms with Gasteiger partial charge in [-0.2, -0.15) is 15.4 Å². The molecule has 1 atom stereocenters. The Balaban J connectivity index is 2.21. The number of nitrogens with one attached hydrogen (secondary N) is 2. The molecule has 2 rings (SSSR count). The third-order valence-corrected chi connectivity index (χ3v) is 2.67. The highest BCUT2D eigenvalue weighted by atomic mass is 19.1. The van der Waals surface area contributed by atoms with Gasteiger partial charge in [-0.1, -0.05) is 6.92 Å². The maximum Gasteiger partial charge on any atom is 0.126 e. The summed E-state index contributed by atoms with van der Waals surface area (Å²) >= 11 is 0. The van der Waals surface area contributed by atoms with E-state index in [1.165, 1.54) is 6.07 Å². The minimum Gasteiger partial charge on any atom is -0.309 e. The van der Waals surface area contributed by atoms with E-state index in [9.17, 15) is 8.78 Å². The molecule has 1 unspecified atom stereocenters. The van der Waals surface area contributed by atoms with Gasteiger partial charge in [0.15, 0.2) is 0 Å². The van der Waals surface area contributed by atoms with Gasteiger partial charge in [-0.15, -0.1) is 0 Å². The summed E-state index contributed by atoms with van der Waals surface area (Å²) in [4.78, 5) is 0. The number of hydrogen-bond donors (Lipinski definition) is 2. The minimum absolute atomic E-state index is 0.190. The lowest BCUT2D eigenvalue weighted by molar-refractivity contribution is 0.512. The van der Waals surface area contributed by atoms with Crippen LogP contribution < -0.4 is 5.32 Å². The molecule has 0 aliphatic rings. The van der Waals surface area contributed by atoms with E-state index in [1.807, 2.05) is 6.92 Å². The van der Waals surface area contributed by atoms with E-state index < -0.39 is 11.6 Å². The summed E-state index contributed by atoms with van der Waals surface area (Å²) in [5.41, 5.74) is 1.00. The second-order valence-electron chi connectivity index (χ2n) is 3.94. The average molecular weight is 252 g/mol. The van der Waals surface area contributed by atoms with Gasteiger partial charge in [0.25, 0.3) is 0 Å². The van der Waals surface area contributed by atoms with Gasteiger partial charge in [0.1, 0.15) is 11.6 Å². The van der Waals surface area contributed by atoms with Gasteiger partial charge in [0, 0.05) is 0 Å². The van der Waals surface area contributed by atoms with Crippen LogP contribution in [0.2, 0.25) is 0 Å². The lowest BCUT2D eigenvalue weighted by Crippen LogP contribution is -2.23. The van der Waals surface area contributed by atoms with Crippen molar-refractivity contribution in [2.45, 2.75) is 19.4 Å². The average Bonchev–Trinajstić information content (AvgIpc) is 2.87. The first-order valence-electron chi connectivity index (χ1n) is 5.73. The van der Waals surface area contributed by atoms with E-state index in [0.717, 1.165) is 12.1 Å². The number of likely N-dealkylation sites (N-methyl/N-ethyl adjacent to an activating group) is 1. The number of aromatic nitrogens is 3. The Labute approximate surface area is 103 Å². The second-order valence-corrected chi connectivity index (χ2v) is 3.94. The molecule has 2 aromatic rings. The Morgan fingerprint density at radius 1 is 1.39 bits per heavy atom. The van der Waals surface area contributed by atoms with E-state index in [1.54, 1.807) is 6.20 Å². The molecule has 6 heteroatoms. The molecule has 0 saturated heterocycles. The van der Waals surface area contributed by atoms with E-state index in [-0.39, 0.29) is 6.04 Å². The Morgan fingerprint density at radius 2 is 2.22 bits per heavy atom. The number of H-pyrrole nitrogens is 1. The molecular formula is C12H14F2N4. The predicted octanol–water partition coefficient (Wildman–Crippen LogP) is 1.98. The van der Waals surface area contributed by atoms with Gasteiger partial charge in [-0.05, 0) is 36.7 Å². The van der Waals surface area contributed by atoms with Crippen molar-refractivity contribution < 1.29 is 8.78 Å². The quantitative estimate of drug-likeness (QED) is 0.855. The lowest BCUT2D eigenvalue weighted by Gasteiger charge is -2.15. The summed E-state index contributed by atoms with van der Waals surface area (Å²) < 4.78 is 26.7. The number of hydrogen-bond acceptors (Lipinski definition) is 3. The molecule has 0 aliphatic carbocycles. The fraction of sp³-hybridized carbons (Fsp3) is 0.333. The highest BCUT2D eigenvalue weighted by Gasteiger charge is 2.16. The van der Waals surface area contributed by atoms with Crippen LogP contribution in [-0.4, -0.2) is 22.0 Å². The summed E-state index contributed by atoms with van der Waals surface area (Å²) in [6.07, 6.45) is 1.90. The Kier molecular flexibility index (Phi) is 3.99. The summed E-state index contributed by atoms with van der Waals surface area (Å²) in [5.74, 6) is -0.857. The van der Waals surface area contributed by atoms with Crippen molar-refractivity contribution in [3.8, 4) is 0 Å². The summed E-state index contributed by atoms with van der Waals surface area (Å²) in [7, 11) is 0. The van der Waals surface area contributed by atoms with Crippen molar-refractivity contribution in [3.05, 3.63) is 47.3 Å². The first kappa shape index (κ1) is 12.6. The van der Waals surface area contributed by atoms with Crippen molar-refractivity contribution in [1.82, 2.24) is 20.7 Å². The number of halogens is 2. The van der Waals surface area contributed by atoms with Crippen LogP contribution in [0.5, 0.6) is 0 Å². The maximum absolute atomic E-state index is 13.6. The summed E-state index contributed by atoms with van der Waals surface area (Å²) in [6.45, 7) is 2.64. The highest BCUT2D eigenvalue weighted by molar-refractivity contribution is 5.21. The van der Waals surface area contributed by atoms with E-state index in [0.29, 0.717) is 24.2 Å². The minimum atomic E-state index is -0.443. The molecule has 2 N–H and O–H groups in total. The Bertz CT molecular complexity index is 499. The monoisotopic (exact) mass is 252 g/mol. The SMILES string of the molecule is CCNC(Cc1cc(F)ccc1F)c1cn[nH]n1. The molecule has 4 nitrogen and oxygen atoms in total. The zero-order chi connectivity index (χ0) is 13.0. The maximum atomic E-state index is 13.6. The molecule has 0 saturated carbocycles. The van der Waals surface area contributed by atoms with Crippen LogP contribution in [0.4, 0.5) is 8.78 Å². The van der Waals surface area contributed by atoms with Crippen LogP contribution in [0.25, 0.3) is 0 Å². The molecule has 0 fully saturated rings. The first-order chi connectivity index (χ1) is 8.70. The van der Waals surface area contributed by atoms with Crippen LogP contribution in [-0.2, 0) is 6.42 Å². The largest absolute Gasteiger partial charge is 0.309 e. The normalized spacial score (nSPS) is 12.6. The molecular weight excluding hydrogens is 238 g/mol. The fourth-order valence-electron chi connectivity index (χ4n) is 1.83. The van der Waals surface area contributed by atoms with Gasteiger partial charge in [-0.25, -0.2) is 8.78 Å². The van der Waals surface area contributed by atoms with Crippen molar-refractivity contribution >= 4 is 0 Å². The van der Waals surface area contributed by atoms with Crippen molar-refractivity contribution in [2.24, 2.45) is 0 Å². The van der Waals surface area contributed by atoms with Crippen LogP contribution in [0.15, 0.2) is 24.4 Å². The van der Waals surface area contributed by atoms with Crippen LogP contribution in [0.3, 0.4) is 0 Å². The van der Waals surface area contributed by atoms with Gasteiger partial charge in [0.05, 0.1) is 17.9 Å². The molecule has 0 spiro atoms. The zero-order valence-electron chi connectivity index (χ0n) is 9.95. The third kappa shape index (κ3) is 2.89. The molecule has 0 bridgehead atoms. The van der Waals surface area contributed by atoms with Gasteiger partial charge < -0.3 is 5.32 Å². The lowest BCUT2D eigenvalue weighted by atomic mass is 10.0. The molecule has 1 aromatic carbocycles. The Hall–Kier alpha value is -1.82. The number of nitrogens with zero attached hydrogens (tertiary/aromatic N) is 2. The van der Waals surface area contributed by atoms with Gasteiger partial charge in [-0.3, -0.25) is 0 Å². The number of benzene rings is 1.